The van der Waals surface area contributed by atoms with Crippen LogP contribution in [0.4, 0.5) is 5.82 Å². The number of esters is 1. The third-order valence-corrected chi connectivity index (χ3v) is 5.80. The molecule has 1 aromatic carbocycles. The number of benzene rings is 1. The van der Waals surface area contributed by atoms with Crippen molar-refractivity contribution in [3.05, 3.63) is 47.8 Å². The maximum Gasteiger partial charge on any atom is 0.378 e. The van der Waals surface area contributed by atoms with Gasteiger partial charge in [-0.2, -0.15) is 5.26 Å². The van der Waals surface area contributed by atoms with Crippen molar-refractivity contribution in [3.8, 4) is 23.1 Å². The Morgan fingerprint density at radius 1 is 1.30 bits per heavy atom. The second-order valence-corrected chi connectivity index (χ2v) is 8.68. The average Bonchev–Trinajstić information content (AvgIpc) is 3.68. The van der Waals surface area contributed by atoms with Crippen molar-refractivity contribution in [2.24, 2.45) is 5.92 Å². The summed E-state index contributed by atoms with van der Waals surface area (Å²) in [5.74, 6) is 0.372. The first-order valence-corrected chi connectivity index (χ1v) is 12.0. The molecule has 37 heavy (non-hydrogen) atoms. The third-order valence-electron chi connectivity index (χ3n) is 5.80. The van der Waals surface area contributed by atoms with Crippen LogP contribution < -0.4 is 10.1 Å². The Bertz CT molecular complexity index is 1310. The van der Waals surface area contributed by atoms with E-state index in [9.17, 15) is 20.0 Å². The van der Waals surface area contributed by atoms with Crippen molar-refractivity contribution in [2.75, 3.05) is 11.9 Å². The predicted octanol–water partition coefficient (Wildman–Crippen LogP) is 2.56. The number of aliphatic hydroxyl groups is 1. The molecule has 2 heterocycles. The lowest BCUT2D eigenvalue weighted by Crippen LogP contribution is -2.33. The van der Waals surface area contributed by atoms with E-state index >= 15 is 0 Å². The first-order chi connectivity index (χ1) is 17.9. The number of carbonyl (C=O) groups excluding carboxylic acids is 2. The predicted molar refractivity (Wildman–Crippen MR) is 130 cm³/mol. The highest BCUT2D eigenvalue weighted by Crippen LogP contribution is 2.31. The number of H-pyrrole nitrogens is 1. The number of carbonyl (C=O) groups is 2. The van der Waals surface area contributed by atoms with E-state index in [1.165, 1.54) is 6.33 Å². The smallest absolute Gasteiger partial charge is 0.378 e. The van der Waals surface area contributed by atoms with Gasteiger partial charge in [-0.25, -0.2) is 19.7 Å². The van der Waals surface area contributed by atoms with Crippen LogP contribution >= 0.6 is 0 Å². The number of aryl methyl sites for hydroxylation is 1. The molecule has 192 valence electrons. The second kappa shape index (κ2) is 11.6. The number of hydrogen-bond donors (Lipinski definition) is 3. The van der Waals surface area contributed by atoms with Gasteiger partial charge in [0.2, 0.25) is 5.91 Å². The summed E-state index contributed by atoms with van der Waals surface area (Å²) in [6.45, 7) is 3.43. The van der Waals surface area contributed by atoms with Crippen molar-refractivity contribution in [1.82, 2.24) is 25.1 Å². The molecule has 1 amide bonds. The number of rotatable bonds is 11. The van der Waals surface area contributed by atoms with E-state index in [2.05, 4.69) is 36.5 Å². The fraction of sp³-hybridized carbons (Fsp3) is 0.400. The van der Waals surface area contributed by atoms with Crippen LogP contribution in [0.2, 0.25) is 0 Å². The molecule has 12 heteroatoms. The summed E-state index contributed by atoms with van der Waals surface area (Å²) in [6, 6.07) is 8.72. The number of anilines is 1. The van der Waals surface area contributed by atoms with E-state index in [4.69, 9.17) is 9.47 Å². The highest BCUT2D eigenvalue weighted by molar-refractivity contribution is 5.93. The van der Waals surface area contributed by atoms with E-state index in [-0.39, 0.29) is 42.0 Å². The molecule has 0 radical (unpaired) electrons. The largest absolute Gasteiger partial charge is 0.486 e. The third kappa shape index (κ3) is 6.65. The Balaban J connectivity index is 1.44. The van der Waals surface area contributed by atoms with Crippen molar-refractivity contribution >= 4 is 17.7 Å². The topological polar surface area (TPSA) is 176 Å². The van der Waals surface area contributed by atoms with Crippen LogP contribution in [-0.4, -0.2) is 60.9 Å². The lowest BCUT2D eigenvalue weighted by Gasteiger charge is -2.24. The van der Waals surface area contributed by atoms with Crippen molar-refractivity contribution in [2.45, 2.75) is 51.7 Å². The summed E-state index contributed by atoms with van der Waals surface area (Å²) < 4.78 is 11.2. The van der Waals surface area contributed by atoms with Crippen LogP contribution in [0.1, 0.15) is 54.6 Å². The Labute approximate surface area is 213 Å². The first kappa shape index (κ1) is 25.7. The van der Waals surface area contributed by atoms with Gasteiger partial charge >= 0.3 is 5.97 Å². The van der Waals surface area contributed by atoms with E-state index in [1.807, 2.05) is 0 Å². The van der Waals surface area contributed by atoms with Crippen LogP contribution in [0, 0.1) is 24.2 Å². The number of aromatic amines is 1. The summed E-state index contributed by atoms with van der Waals surface area (Å²) in [5.41, 5.74) is 1.40. The maximum absolute atomic E-state index is 12.1. The summed E-state index contributed by atoms with van der Waals surface area (Å²) in [6.07, 6.45) is 2.12. The second-order valence-electron chi connectivity index (χ2n) is 8.68. The minimum absolute atomic E-state index is 0.0373. The van der Waals surface area contributed by atoms with Crippen molar-refractivity contribution in [1.29, 1.82) is 5.26 Å². The molecule has 0 aliphatic heterocycles. The quantitative estimate of drug-likeness (QED) is 0.328. The zero-order valence-electron chi connectivity index (χ0n) is 20.5. The van der Waals surface area contributed by atoms with Gasteiger partial charge in [-0.15, -0.1) is 5.10 Å². The van der Waals surface area contributed by atoms with Gasteiger partial charge in [0.1, 0.15) is 35.9 Å². The standard InChI is InChI=1S/C25H27N7O5/c1-3-19(33)21(8-9-36-25(35)23-29-14(2)31-32-23)37-20-7-6-16(10-17(20)12-26)18-11-22(28-13-27-18)30-24(34)15-4-5-15/h6-7,10-11,13,15,19,21,33H,3-5,8-9H2,1-2H3,(H,29,31,32)(H,27,28,30,34)/t19-,21+/m1/s1. The molecule has 2 aromatic heterocycles. The summed E-state index contributed by atoms with van der Waals surface area (Å²) in [7, 11) is 0. The molecule has 3 aromatic rings. The van der Waals surface area contributed by atoms with Gasteiger partial charge in [-0.1, -0.05) is 6.92 Å². The number of amides is 1. The highest BCUT2D eigenvalue weighted by atomic mass is 16.5. The van der Waals surface area contributed by atoms with Gasteiger partial charge in [-0.3, -0.25) is 9.89 Å². The first-order valence-electron chi connectivity index (χ1n) is 12.0. The molecule has 3 N–H and O–H groups in total. The molecular formula is C25H27N7O5. The maximum atomic E-state index is 12.1. The van der Waals surface area contributed by atoms with Gasteiger partial charge in [0, 0.05) is 24.0 Å². The molecule has 12 nitrogen and oxygen atoms in total. The van der Waals surface area contributed by atoms with E-state index in [0.29, 0.717) is 29.3 Å². The molecule has 0 spiro atoms. The average molecular weight is 506 g/mol. The number of nitrogens with zero attached hydrogens (tertiary/aromatic N) is 5. The number of aromatic nitrogens is 5. The van der Waals surface area contributed by atoms with Crippen LogP contribution in [-0.2, 0) is 9.53 Å². The zero-order valence-corrected chi connectivity index (χ0v) is 20.5. The van der Waals surface area contributed by atoms with Gasteiger partial charge in [0.05, 0.1) is 24.0 Å². The van der Waals surface area contributed by atoms with Gasteiger partial charge in [0.25, 0.3) is 5.82 Å². The van der Waals surface area contributed by atoms with Crippen LogP contribution in [0.25, 0.3) is 11.3 Å². The highest BCUT2D eigenvalue weighted by Gasteiger charge is 2.30. The van der Waals surface area contributed by atoms with Crippen molar-refractivity contribution in [3.63, 3.8) is 0 Å². The Morgan fingerprint density at radius 3 is 2.78 bits per heavy atom. The molecule has 4 rings (SSSR count). The fourth-order valence-electron chi connectivity index (χ4n) is 3.56. The number of nitriles is 1. The normalized spacial score (nSPS) is 14.3. The number of nitrogens with one attached hydrogen (secondary N) is 2. The molecule has 0 saturated heterocycles. The van der Waals surface area contributed by atoms with E-state index < -0.39 is 18.2 Å². The summed E-state index contributed by atoms with van der Waals surface area (Å²) in [5, 5.41) is 29.3. The minimum Gasteiger partial charge on any atom is -0.486 e. The van der Waals surface area contributed by atoms with E-state index in [0.717, 1.165) is 12.8 Å². The van der Waals surface area contributed by atoms with Crippen LogP contribution in [0.3, 0.4) is 0 Å². The Morgan fingerprint density at radius 2 is 2.11 bits per heavy atom. The minimum atomic E-state index is -0.852. The molecule has 0 unspecified atom stereocenters. The molecule has 1 aliphatic carbocycles. The van der Waals surface area contributed by atoms with Crippen LogP contribution in [0.15, 0.2) is 30.6 Å². The zero-order chi connectivity index (χ0) is 26.4. The van der Waals surface area contributed by atoms with Gasteiger partial charge in [-0.05, 0) is 44.4 Å². The van der Waals surface area contributed by atoms with Gasteiger partial charge in [0.15, 0.2) is 0 Å². The molecule has 1 aliphatic rings. The monoisotopic (exact) mass is 505 g/mol. The molecule has 0 bridgehead atoms. The lowest BCUT2D eigenvalue weighted by molar-refractivity contribution is -0.117. The SMILES string of the molecule is CC[C@@H](O)[C@H](CCOC(=O)c1n[nH]c(C)n1)Oc1ccc(-c2cc(NC(=O)C3CC3)ncn2)cc1C#N. The van der Waals surface area contributed by atoms with Crippen molar-refractivity contribution < 1.29 is 24.2 Å². The number of ether oxygens (including phenoxy) is 2. The lowest BCUT2D eigenvalue weighted by atomic mass is 10.1. The number of aliphatic hydroxyl groups excluding tert-OH is 1. The molecule has 2 atom stereocenters. The van der Waals surface area contributed by atoms with E-state index in [1.54, 1.807) is 38.1 Å². The molecule has 1 saturated carbocycles. The fourth-order valence-corrected chi connectivity index (χ4v) is 3.56. The molecule has 1 fully saturated rings. The van der Waals surface area contributed by atoms with Crippen LogP contribution in [0.5, 0.6) is 5.75 Å². The Hall–Kier alpha value is -4.37. The number of hydrogen-bond acceptors (Lipinski definition) is 10. The summed E-state index contributed by atoms with van der Waals surface area (Å²) >= 11 is 0. The van der Waals surface area contributed by atoms with Gasteiger partial charge < -0.3 is 19.9 Å². The molecular weight excluding hydrogens is 478 g/mol. The summed E-state index contributed by atoms with van der Waals surface area (Å²) in [4.78, 5) is 36.4. The Kier molecular flexibility index (Phi) is 8.05.